The Hall–Kier alpha value is -1.04. The van der Waals surface area contributed by atoms with E-state index in [1.165, 1.54) is 22.3 Å². The van der Waals surface area contributed by atoms with Gasteiger partial charge in [-0.3, -0.25) is 0 Å². The number of hydrogen-bond donors (Lipinski definition) is 0. The van der Waals surface area contributed by atoms with Gasteiger partial charge in [-0.15, -0.1) is 0 Å². The average molecular weight is 188 g/mol. The maximum Gasteiger partial charge on any atom is -0.0129 e. The van der Waals surface area contributed by atoms with Crippen LogP contribution in [-0.2, 0) is 5.41 Å². The zero-order chi connectivity index (χ0) is 10.9. The fourth-order valence-electron chi connectivity index (χ4n) is 1.88. The van der Waals surface area contributed by atoms with Crippen LogP contribution >= 0.6 is 0 Å². The van der Waals surface area contributed by atoms with Crippen LogP contribution in [0.3, 0.4) is 0 Å². The van der Waals surface area contributed by atoms with Crippen molar-refractivity contribution in [3.05, 3.63) is 41.0 Å². The summed E-state index contributed by atoms with van der Waals surface area (Å²) in [6.45, 7) is 14.9. The highest BCUT2D eigenvalue weighted by Crippen LogP contribution is 2.29. The third-order valence-corrected chi connectivity index (χ3v) is 2.62. The minimum absolute atomic E-state index is 0.216. The molecule has 0 spiro atoms. The van der Waals surface area contributed by atoms with E-state index in [4.69, 9.17) is 0 Å². The maximum absolute atomic E-state index is 3.86. The van der Waals surface area contributed by atoms with Crippen LogP contribution in [0.1, 0.15) is 43.0 Å². The van der Waals surface area contributed by atoms with Gasteiger partial charge in [0.15, 0.2) is 0 Å². The fourth-order valence-corrected chi connectivity index (χ4v) is 1.88. The molecule has 0 saturated heterocycles. The molecule has 76 valence electrons. The molecule has 0 radical (unpaired) electrons. The molecule has 1 aromatic rings. The Morgan fingerprint density at radius 3 is 2.14 bits per heavy atom. The smallest absolute Gasteiger partial charge is 0.0129 e. The minimum atomic E-state index is 0.216. The van der Waals surface area contributed by atoms with E-state index in [0.717, 1.165) is 0 Å². The van der Waals surface area contributed by atoms with Gasteiger partial charge in [-0.25, -0.2) is 0 Å². The molecule has 1 rings (SSSR count). The Morgan fingerprint density at radius 1 is 1.14 bits per heavy atom. The lowest BCUT2D eigenvalue weighted by Crippen LogP contribution is -2.14. The predicted molar refractivity (Wildman–Crippen MR) is 64.7 cm³/mol. The van der Waals surface area contributed by atoms with Crippen molar-refractivity contribution in [3.63, 3.8) is 0 Å². The first-order valence-corrected chi connectivity index (χ1v) is 5.10. The summed E-state index contributed by atoms with van der Waals surface area (Å²) in [5.41, 5.74) is 5.57. The Kier molecular flexibility index (Phi) is 2.84. The predicted octanol–water partition coefficient (Wildman–Crippen LogP) is 4.24. The zero-order valence-electron chi connectivity index (χ0n) is 9.94. The molecule has 0 bridgehead atoms. The zero-order valence-corrected chi connectivity index (χ0v) is 9.94. The highest BCUT2D eigenvalue weighted by atomic mass is 14.2. The summed E-state index contributed by atoms with van der Waals surface area (Å²) >= 11 is 0. The second kappa shape index (κ2) is 3.61. The second-order valence-electron chi connectivity index (χ2n) is 4.98. The molecule has 0 unspecified atom stereocenters. The number of aryl methyl sites for hydroxylation is 1. The van der Waals surface area contributed by atoms with Crippen molar-refractivity contribution in [1.82, 2.24) is 0 Å². The molecule has 0 aliphatic carbocycles. The molecule has 14 heavy (non-hydrogen) atoms. The summed E-state index contributed by atoms with van der Waals surface area (Å²) < 4.78 is 0. The molecule has 0 amide bonds. The third-order valence-electron chi connectivity index (χ3n) is 2.62. The van der Waals surface area contributed by atoms with Crippen LogP contribution in [0.2, 0.25) is 0 Å². The first kappa shape index (κ1) is 11.0. The van der Waals surface area contributed by atoms with Crippen molar-refractivity contribution in [2.75, 3.05) is 0 Å². The number of benzene rings is 1. The standard InChI is InChI=1S/C14H20/c1-7-12-8-10(2)9-13(11(12)3)14(4,5)6/h7-9H,1H2,2-6H3. The van der Waals surface area contributed by atoms with Crippen molar-refractivity contribution in [2.45, 2.75) is 40.0 Å². The van der Waals surface area contributed by atoms with Gasteiger partial charge in [-0.2, -0.15) is 0 Å². The van der Waals surface area contributed by atoms with Crippen LogP contribution in [0.5, 0.6) is 0 Å². The lowest BCUT2D eigenvalue weighted by molar-refractivity contribution is 0.585. The van der Waals surface area contributed by atoms with E-state index in [2.05, 4.69) is 53.3 Å². The van der Waals surface area contributed by atoms with Crippen LogP contribution in [0.4, 0.5) is 0 Å². The lowest BCUT2D eigenvalue weighted by atomic mass is 9.81. The van der Waals surface area contributed by atoms with Gasteiger partial charge >= 0.3 is 0 Å². The molecule has 0 fully saturated rings. The van der Waals surface area contributed by atoms with Crippen LogP contribution in [0.25, 0.3) is 6.08 Å². The van der Waals surface area contributed by atoms with Crippen LogP contribution in [0, 0.1) is 13.8 Å². The van der Waals surface area contributed by atoms with Crippen molar-refractivity contribution >= 4 is 6.08 Å². The summed E-state index contributed by atoms with van der Waals surface area (Å²) in [6, 6.07) is 4.47. The van der Waals surface area contributed by atoms with Gasteiger partial charge in [-0.05, 0) is 36.0 Å². The van der Waals surface area contributed by atoms with Gasteiger partial charge in [0.25, 0.3) is 0 Å². The molecule has 0 heterocycles. The number of rotatable bonds is 1. The highest BCUT2D eigenvalue weighted by molar-refractivity contribution is 5.56. The molecule has 0 aliphatic rings. The molecule has 0 aromatic heterocycles. The van der Waals surface area contributed by atoms with Gasteiger partial charge in [0.2, 0.25) is 0 Å². The van der Waals surface area contributed by atoms with Gasteiger partial charge in [0, 0.05) is 0 Å². The third kappa shape index (κ3) is 2.06. The molecule has 0 heteroatoms. The summed E-state index contributed by atoms with van der Waals surface area (Å²) in [5.74, 6) is 0. The van der Waals surface area contributed by atoms with Crippen molar-refractivity contribution < 1.29 is 0 Å². The van der Waals surface area contributed by atoms with E-state index in [0.29, 0.717) is 0 Å². The van der Waals surface area contributed by atoms with E-state index >= 15 is 0 Å². The first-order valence-electron chi connectivity index (χ1n) is 5.10. The molecule has 0 atom stereocenters. The van der Waals surface area contributed by atoms with Crippen LogP contribution in [0.15, 0.2) is 18.7 Å². The Bertz CT molecular complexity index is 351. The Balaban J connectivity index is 3.44. The van der Waals surface area contributed by atoms with Gasteiger partial charge in [0.05, 0.1) is 0 Å². The number of hydrogen-bond acceptors (Lipinski definition) is 0. The van der Waals surface area contributed by atoms with Crippen molar-refractivity contribution in [3.8, 4) is 0 Å². The van der Waals surface area contributed by atoms with Crippen LogP contribution in [-0.4, -0.2) is 0 Å². The molecule has 1 aromatic carbocycles. The maximum atomic E-state index is 3.86. The average Bonchev–Trinajstić information content (AvgIpc) is 2.06. The molecular formula is C14H20. The van der Waals surface area contributed by atoms with Gasteiger partial charge in [0.1, 0.15) is 0 Å². The molecule has 0 saturated carbocycles. The largest absolute Gasteiger partial charge is 0.0985 e. The fraction of sp³-hybridized carbons (Fsp3) is 0.429. The monoisotopic (exact) mass is 188 g/mol. The Labute approximate surface area is 87.7 Å². The van der Waals surface area contributed by atoms with Gasteiger partial charge < -0.3 is 0 Å². The molecule has 0 nitrogen and oxygen atoms in total. The SMILES string of the molecule is C=Cc1cc(C)cc(C(C)(C)C)c1C. The summed E-state index contributed by atoms with van der Waals surface area (Å²) in [5, 5.41) is 0. The van der Waals surface area contributed by atoms with Crippen LogP contribution < -0.4 is 0 Å². The highest BCUT2D eigenvalue weighted by Gasteiger charge is 2.17. The van der Waals surface area contributed by atoms with E-state index in [1.807, 2.05) is 6.08 Å². The van der Waals surface area contributed by atoms with E-state index < -0.39 is 0 Å². The van der Waals surface area contributed by atoms with E-state index in [1.54, 1.807) is 0 Å². The first-order chi connectivity index (χ1) is 6.36. The molecular weight excluding hydrogens is 168 g/mol. The summed E-state index contributed by atoms with van der Waals surface area (Å²) in [7, 11) is 0. The molecule has 0 N–H and O–H groups in total. The summed E-state index contributed by atoms with van der Waals surface area (Å²) in [4.78, 5) is 0. The summed E-state index contributed by atoms with van der Waals surface area (Å²) in [6.07, 6.45) is 1.94. The Morgan fingerprint density at radius 2 is 1.71 bits per heavy atom. The quantitative estimate of drug-likeness (QED) is 0.618. The minimum Gasteiger partial charge on any atom is -0.0985 e. The van der Waals surface area contributed by atoms with E-state index in [9.17, 15) is 0 Å². The molecule has 0 aliphatic heterocycles. The van der Waals surface area contributed by atoms with Gasteiger partial charge in [-0.1, -0.05) is 51.1 Å². The normalized spacial score (nSPS) is 11.5. The lowest BCUT2D eigenvalue weighted by Gasteiger charge is -2.23. The topological polar surface area (TPSA) is 0 Å². The second-order valence-corrected chi connectivity index (χ2v) is 4.98. The van der Waals surface area contributed by atoms with Crippen molar-refractivity contribution in [2.24, 2.45) is 0 Å². The van der Waals surface area contributed by atoms with E-state index in [-0.39, 0.29) is 5.41 Å². The van der Waals surface area contributed by atoms with Crippen molar-refractivity contribution in [1.29, 1.82) is 0 Å².